The fourth-order valence-electron chi connectivity index (χ4n) is 2.42. The minimum atomic E-state index is 0.218. The Morgan fingerprint density at radius 3 is 2.69 bits per heavy atom. The second kappa shape index (κ2) is 6.24. The van der Waals surface area contributed by atoms with Gasteiger partial charge < -0.3 is 10.2 Å². The smallest absolute Gasteiger partial charge is 0.226 e. The van der Waals surface area contributed by atoms with E-state index in [2.05, 4.69) is 33.0 Å². The molecule has 1 aliphatic rings. The largest absolute Gasteiger partial charge is 0.340 e. The lowest BCUT2D eigenvalue weighted by Crippen LogP contribution is -2.53. The summed E-state index contributed by atoms with van der Waals surface area (Å²) in [6, 6.07) is 0.437. The summed E-state index contributed by atoms with van der Waals surface area (Å²) >= 11 is 0. The molecule has 3 heteroatoms. The SMILES string of the molecule is CCCC(C(=O)N1CCN[C@H](C)C1)C(C)C. The van der Waals surface area contributed by atoms with Gasteiger partial charge in [-0.3, -0.25) is 4.79 Å². The van der Waals surface area contributed by atoms with Crippen LogP contribution in [-0.4, -0.2) is 36.5 Å². The lowest BCUT2D eigenvalue weighted by molar-refractivity contribution is -0.138. The van der Waals surface area contributed by atoms with Crippen molar-refractivity contribution in [3.63, 3.8) is 0 Å². The first-order valence-electron chi connectivity index (χ1n) is 6.58. The van der Waals surface area contributed by atoms with Gasteiger partial charge in [0.1, 0.15) is 0 Å². The Morgan fingerprint density at radius 2 is 2.19 bits per heavy atom. The monoisotopic (exact) mass is 226 g/mol. The van der Waals surface area contributed by atoms with Gasteiger partial charge in [0.05, 0.1) is 0 Å². The van der Waals surface area contributed by atoms with Crippen molar-refractivity contribution in [2.24, 2.45) is 11.8 Å². The molecular weight excluding hydrogens is 200 g/mol. The van der Waals surface area contributed by atoms with E-state index in [9.17, 15) is 4.79 Å². The summed E-state index contributed by atoms with van der Waals surface area (Å²) in [7, 11) is 0. The summed E-state index contributed by atoms with van der Waals surface area (Å²) in [6.45, 7) is 11.3. The van der Waals surface area contributed by atoms with Crippen molar-refractivity contribution in [3.05, 3.63) is 0 Å². The predicted octanol–water partition coefficient (Wildman–Crippen LogP) is 1.88. The molecule has 0 saturated carbocycles. The highest BCUT2D eigenvalue weighted by molar-refractivity contribution is 5.79. The Balaban J connectivity index is 2.58. The molecule has 16 heavy (non-hydrogen) atoms. The van der Waals surface area contributed by atoms with Gasteiger partial charge in [0.2, 0.25) is 5.91 Å². The summed E-state index contributed by atoms with van der Waals surface area (Å²) in [5.41, 5.74) is 0. The van der Waals surface area contributed by atoms with Crippen LogP contribution in [-0.2, 0) is 4.79 Å². The van der Waals surface area contributed by atoms with Crippen LogP contribution in [0, 0.1) is 11.8 Å². The average molecular weight is 226 g/mol. The molecule has 0 spiro atoms. The number of nitrogens with zero attached hydrogens (tertiary/aromatic N) is 1. The van der Waals surface area contributed by atoms with Gasteiger partial charge in [0.25, 0.3) is 0 Å². The highest BCUT2D eigenvalue weighted by atomic mass is 16.2. The quantitative estimate of drug-likeness (QED) is 0.794. The molecule has 0 aromatic rings. The third-order valence-electron chi connectivity index (χ3n) is 3.40. The molecule has 1 N–H and O–H groups in total. The molecule has 2 atom stereocenters. The number of carbonyl (C=O) groups is 1. The third kappa shape index (κ3) is 3.48. The van der Waals surface area contributed by atoms with Gasteiger partial charge in [-0.1, -0.05) is 27.2 Å². The molecule has 3 nitrogen and oxygen atoms in total. The summed E-state index contributed by atoms with van der Waals surface area (Å²) in [5, 5.41) is 3.37. The van der Waals surface area contributed by atoms with Gasteiger partial charge >= 0.3 is 0 Å². The highest BCUT2D eigenvalue weighted by Crippen LogP contribution is 2.20. The molecule has 1 aliphatic heterocycles. The fourth-order valence-corrected chi connectivity index (χ4v) is 2.42. The number of piperazine rings is 1. The normalized spacial score (nSPS) is 23.6. The van der Waals surface area contributed by atoms with E-state index in [1.54, 1.807) is 0 Å². The molecule has 1 heterocycles. The fraction of sp³-hybridized carbons (Fsp3) is 0.923. The summed E-state index contributed by atoms with van der Waals surface area (Å²) in [4.78, 5) is 14.4. The zero-order chi connectivity index (χ0) is 12.1. The van der Waals surface area contributed by atoms with Crippen molar-refractivity contribution in [2.45, 2.75) is 46.6 Å². The Bertz CT molecular complexity index is 228. The van der Waals surface area contributed by atoms with E-state index >= 15 is 0 Å². The molecule has 0 radical (unpaired) electrons. The molecule has 0 aromatic carbocycles. The lowest BCUT2D eigenvalue weighted by atomic mass is 9.89. The number of hydrogen-bond donors (Lipinski definition) is 1. The molecule has 1 amide bonds. The maximum absolute atomic E-state index is 12.4. The van der Waals surface area contributed by atoms with Crippen molar-refractivity contribution in [1.82, 2.24) is 10.2 Å². The lowest BCUT2D eigenvalue weighted by Gasteiger charge is -2.35. The van der Waals surface area contributed by atoms with Crippen molar-refractivity contribution in [1.29, 1.82) is 0 Å². The molecule has 0 bridgehead atoms. The van der Waals surface area contributed by atoms with Crippen LogP contribution in [0.2, 0.25) is 0 Å². The van der Waals surface area contributed by atoms with E-state index in [0.29, 0.717) is 17.9 Å². The third-order valence-corrected chi connectivity index (χ3v) is 3.40. The second-order valence-corrected chi connectivity index (χ2v) is 5.28. The minimum absolute atomic E-state index is 0.218. The van der Waals surface area contributed by atoms with Crippen LogP contribution in [0.5, 0.6) is 0 Å². The van der Waals surface area contributed by atoms with Gasteiger partial charge in [-0.05, 0) is 19.3 Å². The minimum Gasteiger partial charge on any atom is -0.340 e. The highest BCUT2D eigenvalue weighted by Gasteiger charge is 2.28. The van der Waals surface area contributed by atoms with Gasteiger partial charge in [-0.2, -0.15) is 0 Å². The first-order chi connectivity index (χ1) is 7.56. The van der Waals surface area contributed by atoms with Gasteiger partial charge in [-0.15, -0.1) is 0 Å². The van der Waals surface area contributed by atoms with Crippen LogP contribution < -0.4 is 5.32 Å². The van der Waals surface area contributed by atoms with Crippen LogP contribution in [0.3, 0.4) is 0 Å². The Morgan fingerprint density at radius 1 is 1.50 bits per heavy atom. The Labute approximate surface area is 99.6 Å². The van der Waals surface area contributed by atoms with Crippen LogP contribution in [0.15, 0.2) is 0 Å². The topological polar surface area (TPSA) is 32.3 Å². The van der Waals surface area contributed by atoms with Crippen LogP contribution in [0.1, 0.15) is 40.5 Å². The van der Waals surface area contributed by atoms with Crippen molar-refractivity contribution < 1.29 is 4.79 Å². The average Bonchev–Trinajstić information content (AvgIpc) is 2.24. The molecule has 0 aromatic heterocycles. The zero-order valence-electron chi connectivity index (χ0n) is 11.1. The molecule has 1 saturated heterocycles. The van der Waals surface area contributed by atoms with E-state index < -0.39 is 0 Å². The first kappa shape index (κ1) is 13.5. The van der Waals surface area contributed by atoms with Gasteiger partial charge in [0.15, 0.2) is 0 Å². The summed E-state index contributed by atoms with van der Waals surface area (Å²) in [5.74, 6) is 1.04. The van der Waals surface area contributed by atoms with Gasteiger partial charge in [0, 0.05) is 31.6 Å². The van der Waals surface area contributed by atoms with Crippen molar-refractivity contribution in [2.75, 3.05) is 19.6 Å². The number of amides is 1. The summed E-state index contributed by atoms with van der Waals surface area (Å²) in [6.07, 6.45) is 2.12. The van der Waals surface area contributed by atoms with Crippen molar-refractivity contribution in [3.8, 4) is 0 Å². The second-order valence-electron chi connectivity index (χ2n) is 5.28. The number of rotatable bonds is 4. The Hall–Kier alpha value is -0.570. The van der Waals surface area contributed by atoms with E-state index in [-0.39, 0.29) is 5.92 Å². The molecule has 0 aliphatic carbocycles. The standard InChI is InChI=1S/C13H26N2O/c1-5-6-12(10(2)3)13(16)15-8-7-14-11(4)9-15/h10-12,14H,5-9H2,1-4H3/t11-,12?/m1/s1. The van der Waals surface area contributed by atoms with Crippen LogP contribution in [0.4, 0.5) is 0 Å². The maximum atomic E-state index is 12.4. The molecule has 94 valence electrons. The van der Waals surface area contributed by atoms with Gasteiger partial charge in [-0.25, -0.2) is 0 Å². The predicted molar refractivity (Wildman–Crippen MR) is 67.3 cm³/mol. The molecule has 1 fully saturated rings. The molecular formula is C13H26N2O. The molecule has 1 unspecified atom stereocenters. The van der Waals surface area contributed by atoms with E-state index in [1.807, 2.05) is 4.90 Å². The van der Waals surface area contributed by atoms with E-state index in [4.69, 9.17) is 0 Å². The number of hydrogen-bond acceptors (Lipinski definition) is 2. The van der Waals surface area contributed by atoms with Crippen LogP contribution in [0.25, 0.3) is 0 Å². The number of nitrogens with one attached hydrogen (secondary N) is 1. The zero-order valence-corrected chi connectivity index (χ0v) is 11.1. The summed E-state index contributed by atoms with van der Waals surface area (Å²) < 4.78 is 0. The van der Waals surface area contributed by atoms with E-state index in [1.165, 1.54) is 0 Å². The maximum Gasteiger partial charge on any atom is 0.226 e. The Kier molecular flexibility index (Phi) is 5.26. The number of carbonyl (C=O) groups excluding carboxylic acids is 1. The van der Waals surface area contributed by atoms with Crippen molar-refractivity contribution >= 4 is 5.91 Å². The first-order valence-corrected chi connectivity index (χ1v) is 6.58. The van der Waals surface area contributed by atoms with Crippen LogP contribution >= 0.6 is 0 Å². The molecule has 1 rings (SSSR count). The van der Waals surface area contributed by atoms with E-state index in [0.717, 1.165) is 32.5 Å².